The maximum absolute atomic E-state index is 12.8. The summed E-state index contributed by atoms with van der Waals surface area (Å²) in [5.41, 5.74) is 1.60. The first-order chi connectivity index (χ1) is 9.98. The Morgan fingerprint density at radius 2 is 1.86 bits per heavy atom. The van der Waals surface area contributed by atoms with Gasteiger partial charge in [-0.1, -0.05) is 22.0 Å². The van der Waals surface area contributed by atoms with Gasteiger partial charge in [-0.15, -0.1) is 0 Å². The van der Waals surface area contributed by atoms with Gasteiger partial charge in [0.05, 0.1) is 17.1 Å². The minimum atomic E-state index is -3.58. The molecule has 0 radical (unpaired) electrons. The van der Waals surface area contributed by atoms with E-state index in [2.05, 4.69) is 15.9 Å². The lowest BCUT2D eigenvalue weighted by molar-refractivity contribution is 0.315. The third kappa shape index (κ3) is 2.65. The molecular weight excluding hydrogens is 354 g/mol. The van der Waals surface area contributed by atoms with Crippen LogP contribution in [0.4, 0.5) is 5.69 Å². The van der Waals surface area contributed by atoms with Crippen LogP contribution < -0.4 is 9.04 Å². The van der Waals surface area contributed by atoms with Crippen LogP contribution in [-0.4, -0.2) is 21.6 Å². The Balaban J connectivity index is 2.09. The maximum Gasteiger partial charge on any atom is 0.264 e. The number of aryl methyl sites for hydroxylation is 1. The van der Waals surface area contributed by atoms with E-state index in [0.29, 0.717) is 24.6 Å². The highest BCUT2D eigenvalue weighted by Gasteiger charge is 2.30. The van der Waals surface area contributed by atoms with Crippen LogP contribution in [0.15, 0.2) is 51.8 Å². The fraction of sp³-hybridized carbons (Fsp3) is 0.200. The number of sulfonamides is 1. The number of halogens is 1. The molecule has 2 aromatic rings. The van der Waals surface area contributed by atoms with Gasteiger partial charge < -0.3 is 4.74 Å². The first-order valence-corrected chi connectivity index (χ1v) is 8.73. The second kappa shape index (κ2) is 5.35. The van der Waals surface area contributed by atoms with E-state index in [4.69, 9.17) is 4.74 Å². The molecular formula is C15H14BrNO3S. The molecule has 0 atom stereocenters. The number of nitrogens with zero attached hydrogens (tertiary/aromatic N) is 1. The minimum Gasteiger partial charge on any atom is -0.489 e. The van der Waals surface area contributed by atoms with Crippen LogP contribution in [0.1, 0.15) is 5.56 Å². The van der Waals surface area contributed by atoms with Gasteiger partial charge in [0.1, 0.15) is 12.4 Å². The molecule has 0 aliphatic carbocycles. The summed E-state index contributed by atoms with van der Waals surface area (Å²) in [5, 5.41) is 0. The SMILES string of the molecule is Cc1ccc2c(c1)N(S(=O)(=O)c1ccc(Br)cc1)CCO2. The van der Waals surface area contributed by atoms with E-state index in [9.17, 15) is 8.42 Å². The van der Waals surface area contributed by atoms with Crippen LogP contribution in [0, 0.1) is 6.92 Å². The van der Waals surface area contributed by atoms with Crippen LogP contribution in [0.25, 0.3) is 0 Å². The van der Waals surface area contributed by atoms with Crippen molar-refractivity contribution in [3.63, 3.8) is 0 Å². The van der Waals surface area contributed by atoms with Crippen LogP contribution in [-0.2, 0) is 10.0 Å². The van der Waals surface area contributed by atoms with Crippen molar-refractivity contribution in [1.82, 2.24) is 0 Å². The van der Waals surface area contributed by atoms with Gasteiger partial charge in [-0.3, -0.25) is 4.31 Å². The highest BCUT2D eigenvalue weighted by Crippen LogP contribution is 2.36. The highest BCUT2D eigenvalue weighted by atomic mass is 79.9. The second-order valence-electron chi connectivity index (χ2n) is 4.85. The number of hydrogen-bond acceptors (Lipinski definition) is 3. The summed E-state index contributed by atoms with van der Waals surface area (Å²) in [6, 6.07) is 12.2. The van der Waals surface area contributed by atoms with Crippen molar-refractivity contribution >= 4 is 31.6 Å². The van der Waals surface area contributed by atoms with Gasteiger partial charge >= 0.3 is 0 Å². The highest BCUT2D eigenvalue weighted by molar-refractivity contribution is 9.10. The summed E-state index contributed by atoms with van der Waals surface area (Å²) in [4.78, 5) is 0.278. The molecule has 0 fully saturated rings. The maximum atomic E-state index is 12.8. The van der Waals surface area contributed by atoms with Crippen molar-refractivity contribution in [2.24, 2.45) is 0 Å². The lowest BCUT2D eigenvalue weighted by Crippen LogP contribution is -2.37. The summed E-state index contributed by atoms with van der Waals surface area (Å²) < 4.78 is 33.5. The Bertz CT molecular complexity index is 772. The molecule has 0 unspecified atom stereocenters. The molecule has 4 nitrogen and oxygen atoms in total. The van der Waals surface area contributed by atoms with Crippen molar-refractivity contribution in [2.75, 3.05) is 17.5 Å². The number of benzene rings is 2. The van der Waals surface area contributed by atoms with E-state index >= 15 is 0 Å². The van der Waals surface area contributed by atoms with Crippen LogP contribution in [0.5, 0.6) is 5.75 Å². The van der Waals surface area contributed by atoms with Gasteiger partial charge in [0.15, 0.2) is 0 Å². The lowest BCUT2D eigenvalue weighted by atomic mass is 10.2. The molecule has 0 saturated carbocycles. The van der Waals surface area contributed by atoms with E-state index in [-0.39, 0.29) is 4.90 Å². The smallest absolute Gasteiger partial charge is 0.264 e. The monoisotopic (exact) mass is 367 g/mol. The van der Waals surface area contributed by atoms with Gasteiger partial charge in [-0.05, 0) is 48.9 Å². The molecule has 110 valence electrons. The van der Waals surface area contributed by atoms with Crippen molar-refractivity contribution in [1.29, 1.82) is 0 Å². The number of hydrogen-bond donors (Lipinski definition) is 0. The Kier molecular flexibility index (Phi) is 3.67. The van der Waals surface area contributed by atoms with Crippen LogP contribution in [0.3, 0.4) is 0 Å². The Morgan fingerprint density at radius 1 is 1.14 bits per heavy atom. The Hall–Kier alpha value is -1.53. The fourth-order valence-corrected chi connectivity index (χ4v) is 4.00. The molecule has 0 bridgehead atoms. The van der Waals surface area contributed by atoms with Crippen molar-refractivity contribution in [3.8, 4) is 5.75 Å². The fourth-order valence-electron chi connectivity index (χ4n) is 2.29. The molecule has 1 aliphatic heterocycles. The number of anilines is 1. The molecule has 21 heavy (non-hydrogen) atoms. The number of rotatable bonds is 2. The van der Waals surface area contributed by atoms with Gasteiger partial charge in [0, 0.05) is 4.47 Å². The predicted molar refractivity (Wildman–Crippen MR) is 85.3 cm³/mol. The largest absolute Gasteiger partial charge is 0.489 e. The molecule has 0 amide bonds. The van der Waals surface area contributed by atoms with Crippen LogP contribution >= 0.6 is 15.9 Å². The first kappa shape index (κ1) is 14.4. The molecule has 0 aromatic heterocycles. The predicted octanol–water partition coefficient (Wildman–Crippen LogP) is 3.35. The zero-order chi connectivity index (χ0) is 15.0. The summed E-state index contributed by atoms with van der Waals surface area (Å²) >= 11 is 3.32. The average molecular weight is 368 g/mol. The Labute approximate surface area is 132 Å². The Morgan fingerprint density at radius 3 is 2.57 bits per heavy atom. The molecule has 6 heteroatoms. The summed E-state index contributed by atoms with van der Waals surface area (Å²) in [7, 11) is -3.58. The third-order valence-corrected chi connectivity index (χ3v) is 5.69. The third-order valence-electron chi connectivity index (χ3n) is 3.34. The van der Waals surface area contributed by atoms with Crippen molar-refractivity contribution in [2.45, 2.75) is 11.8 Å². The quantitative estimate of drug-likeness (QED) is 0.817. The van der Waals surface area contributed by atoms with E-state index in [1.54, 1.807) is 24.3 Å². The second-order valence-corrected chi connectivity index (χ2v) is 7.63. The topological polar surface area (TPSA) is 46.6 Å². The molecule has 0 spiro atoms. The van der Waals surface area contributed by atoms with E-state index in [0.717, 1.165) is 10.0 Å². The average Bonchev–Trinajstić information content (AvgIpc) is 2.47. The normalized spacial score (nSPS) is 14.5. The van der Waals surface area contributed by atoms with Crippen molar-refractivity contribution < 1.29 is 13.2 Å². The van der Waals surface area contributed by atoms with E-state index < -0.39 is 10.0 Å². The lowest BCUT2D eigenvalue weighted by Gasteiger charge is -2.30. The zero-order valence-corrected chi connectivity index (χ0v) is 13.8. The van der Waals surface area contributed by atoms with Crippen LogP contribution in [0.2, 0.25) is 0 Å². The van der Waals surface area contributed by atoms with Gasteiger partial charge in [-0.2, -0.15) is 0 Å². The molecule has 0 saturated heterocycles. The summed E-state index contributed by atoms with van der Waals surface area (Å²) in [6.07, 6.45) is 0. The summed E-state index contributed by atoms with van der Waals surface area (Å²) in [6.45, 7) is 2.60. The molecule has 1 aliphatic rings. The number of fused-ring (bicyclic) bond motifs is 1. The van der Waals surface area contributed by atoms with Gasteiger partial charge in [0.2, 0.25) is 0 Å². The van der Waals surface area contributed by atoms with Gasteiger partial charge in [0.25, 0.3) is 10.0 Å². The molecule has 2 aromatic carbocycles. The van der Waals surface area contributed by atoms with E-state index in [1.807, 2.05) is 25.1 Å². The zero-order valence-electron chi connectivity index (χ0n) is 11.4. The van der Waals surface area contributed by atoms with E-state index in [1.165, 1.54) is 4.31 Å². The molecule has 1 heterocycles. The number of ether oxygens (including phenoxy) is 1. The first-order valence-electron chi connectivity index (χ1n) is 6.50. The van der Waals surface area contributed by atoms with Crippen molar-refractivity contribution in [3.05, 3.63) is 52.5 Å². The minimum absolute atomic E-state index is 0.278. The van der Waals surface area contributed by atoms with Gasteiger partial charge in [-0.25, -0.2) is 8.42 Å². The standard InChI is InChI=1S/C15H14BrNO3S/c1-11-2-7-15-14(10-11)17(8-9-20-15)21(18,19)13-5-3-12(16)4-6-13/h2-7,10H,8-9H2,1H3. The molecule has 3 rings (SSSR count). The summed E-state index contributed by atoms with van der Waals surface area (Å²) in [5.74, 6) is 0.604. The molecule has 0 N–H and O–H groups in total.